The lowest BCUT2D eigenvalue weighted by Gasteiger charge is -2.14. The van der Waals surface area contributed by atoms with E-state index in [2.05, 4.69) is 22.9 Å². The third-order valence-corrected chi connectivity index (χ3v) is 5.73. The lowest BCUT2D eigenvalue weighted by molar-refractivity contribution is -0.209. The Balaban J connectivity index is 0.00000102. The molecule has 9 nitrogen and oxygen atoms in total. The molecule has 2 N–H and O–H groups in total. The molecule has 0 unspecified atom stereocenters. The van der Waals surface area contributed by atoms with E-state index in [-0.39, 0.29) is 29.9 Å². The minimum Gasteiger partial charge on any atom is -0.493 e. The number of aldehydes is 1. The standard InChI is InChI=1S/C29H28F2O7.C4H6O2/c1-20(19-32)29(33)38-37-25-14-9-22(10-15-25)26-16-11-23(21-7-12-24(13-8-21)36-34-2)18-27(26)35-17-5-3-4-6-28(30)31;1-4(2-5)3-6/h6-16,18,32H,1,3-5,17,19H2,2H3;2,6H,1,3H2. The minimum absolute atomic E-state index is 0.129. The monoisotopic (exact) mass is 612 g/mol. The summed E-state index contributed by atoms with van der Waals surface area (Å²) in [6, 6.07) is 19.9. The van der Waals surface area contributed by atoms with Crippen LogP contribution >= 0.6 is 0 Å². The fourth-order valence-corrected chi connectivity index (χ4v) is 3.44. The number of benzene rings is 3. The van der Waals surface area contributed by atoms with E-state index in [1.54, 1.807) is 36.4 Å². The first-order valence-electron chi connectivity index (χ1n) is 13.3. The first-order valence-corrected chi connectivity index (χ1v) is 13.3. The SMILES string of the molecule is C=C(C=O)CO.C=C(CO)C(=O)OOc1ccc(-c2ccc(-c3ccc(OOC)cc3)cc2OCCCCC=C(F)F)cc1. The van der Waals surface area contributed by atoms with Crippen LogP contribution < -0.4 is 14.5 Å². The second-order valence-electron chi connectivity index (χ2n) is 9.00. The smallest absolute Gasteiger partial charge is 0.383 e. The number of carbonyl (C=O) groups excluding carboxylic acids is 2. The zero-order chi connectivity index (χ0) is 32.3. The molecular formula is C33H34F2O9. The van der Waals surface area contributed by atoms with Crippen molar-refractivity contribution in [1.29, 1.82) is 0 Å². The van der Waals surface area contributed by atoms with Gasteiger partial charge in [0.25, 0.3) is 6.08 Å². The molecule has 0 heterocycles. The molecule has 0 aliphatic rings. The van der Waals surface area contributed by atoms with E-state index in [0.29, 0.717) is 37.2 Å². The molecule has 0 aromatic heterocycles. The maximum Gasteiger partial charge on any atom is 0.383 e. The number of halogens is 2. The van der Waals surface area contributed by atoms with Gasteiger partial charge in [-0.2, -0.15) is 13.7 Å². The van der Waals surface area contributed by atoms with Crippen LogP contribution in [0.25, 0.3) is 22.3 Å². The minimum atomic E-state index is -1.68. The lowest BCUT2D eigenvalue weighted by Crippen LogP contribution is -2.12. The fraction of sp³-hybridized carbons (Fsp3) is 0.212. The van der Waals surface area contributed by atoms with Gasteiger partial charge in [0.15, 0.2) is 11.5 Å². The second-order valence-corrected chi connectivity index (χ2v) is 9.00. The summed E-state index contributed by atoms with van der Waals surface area (Å²) in [4.78, 5) is 40.4. The van der Waals surface area contributed by atoms with Crippen molar-refractivity contribution >= 4 is 12.3 Å². The highest BCUT2D eigenvalue weighted by Crippen LogP contribution is 2.36. The largest absolute Gasteiger partial charge is 0.493 e. The number of rotatable bonds is 16. The normalized spacial score (nSPS) is 10.0. The van der Waals surface area contributed by atoms with Crippen LogP contribution in [0, 0.1) is 0 Å². The zero-order valence-electron chi connectivity index (χ0n) is 24.2. The topological polar surface area (TPSA) is 121 Å². The van der Waals surface area contributed by atoms with Crippen LogP contribution in [-0.4, -0.2) is 49.4 Å². The number of ether oxygens (including phenoxy) is 1. The molecule has 0 saturated heterocycles. The van der Waals surface area contributed by atoms with Gasteiger partial charge in [0.2, 0.25) is 0 Å². The van der Waals surface area contributed by atoms with Crippen molar-refractivity contribution < 1.29 is 52.9 Å². The Hall–Kier alpha value is -4.84. The Morgan fingerprint density at radius 1 is 0.841 bits per heavy atom. The highest BCUT2D eigenvalue weighted by atomic mass is 19.3. The first kappa shape index (κ1) is 35.4. The number of unbranched alkanes of at least 4 members (excludes halogenated alkanes) is 2. The van der Waals surface area contributed by atoms with Gasteiger partial charge in [0, 0.05) is 11.1 Å². The summed E-state index contributed by atoms with van der Waals surface area (Å²) < 4.78 is 30.6. The molecule has 0 spiro atoms. The van der Waals surface area contributed by atoms with Crippen LogP contribution in [0.5, 0.6) is 17.2 Å². The van der Waals surface area contributed by atoms with Crippen LogP contribution in [0.1, 0.15) is 19.3 Å². The molecule has 0 aliphatic heterocycles. The highest BCUT2D eigenvalue weighted by molar-refractivity contribution is 5.87. The molecule has 0 amide bonds. The van der Waals surface area contributed by atoms with Crippen molar-refractivity contribution in [3.63, 3.8) is 0 Å². The number of allylic oxidation sites excluding steroid dienone is 1. The van der Waals surface area contributed by atoms with Gasteiger partial charge < -0.3 is 19.8 Å². The number of hydrogen-bond donors (Lipinski definition) is 2. The van der Waals surface area contributed by atoms with Crippen molar-refractivity contribution in [3.05, 3.63) is 103 Å². The van der Waals surface area contributed by atoms with E-state index in [1.807, 2.05) is 30.3 Å². The third kappa shape index (κ3) is 12.2. The van der Waals surface area contributed by atoms with Crippen molar-refractivity contribution in [2.24, 2.45) is 0 Å². The average molecular weight is 613 g/mol. The molecule has 0 bridgehead atoms. The predicted octanol–water partition coefficient (Wildman–Crippen LogP) is 6.41. The van der Waals surface area contributed by atoms with E-state index < -0.39 is 18.7 Å². The summed E-state index contributed by atoms with van der Waals surface area (Å²) in [6.45, 7) is 6.13. The Morgan fingerprint density at radius 2 is 1.45 bits per heavy atom. The molecule has 44 heavy (non-hydrogen) atoms. The van der Waals surface area contributed by atoms with Gasteiger partial charge in [0.1, 0.15) is 12.0 Å². The van der Waals surface area contributed by atoms with Crippen LogP contribution in [0.3, 0.4) is 0 Å². The second kappa shape index (κ2) is 19.4. The lowest BCUT2D eigenvalue weighted by atomic mass is 9.99. The maximum atomic E-state index is 12.3. The Labute approximate surface area is 254 Å². The summed E-state index contributed by atoms with van der Waals surface area (Å²) in [5, 5.41) is 16.9. The van der Waals surface area contributed by atoms with E-state index in [9.17, 15) is 18.4 Å². The highest BCUT2D eigenvalue weighted by Gasteiger charge is 2.12. The quantitative estimate of drug-likeness (QED) is 0.0622. The van der Waals surface area contributed by atoms with Crippen molar-refractivity contribution in [1.82, 2.24) is 0 Å². The van der Waals surface area contributed by atoms with Gasteiger partial charge in [-0.05, 0) is 72.4 Å². The molecule has 0 atom stereocenters. The van der Waals surface area contributed by atoms with Crippen molar-refractivity contribution in [2.45, 2.75) is 19.3 Å². The molecule has 0 radical (unpaired) electrons. The van der Waals surface area contributed by atoms with Crippen molar-refractivity contribution in [3.8, 4) is 39.5 Å². The fourth-order valence-electron chi connectivity index (χ4n) is 3.44. The van der Waals surface area contributed by atoms with Gasteiger partial charge in [-0.25, -0.2) is 9.68 Å². The molecule has 11 heteroatoms. The molecular weight excluding hydrogens is 578 g/mol. The van der Waals surface area contributed by atoms with Crippen LogP contribution in [0.2, 0.25) is 0 Å². The summed E-state index contributed by atoms with van der Waals surface area (Å²) in [6.07, 6.45) is 1.22. The van der Waals surface area contributed by atoms with Crippen LogP contribution in [0.4, 0.5) is 8.78 Å². The third-order valence-electron chi connectivity index (χ3n) is 5.73. The summed E-state index contributed by atoms with van der Waals surface area (Å²) in [5.41, 5.74) is 3.55. The van der Waals surface area contributed by atoms with Crippen molar-refractivity contribution in [2.75, 3.05) is 26.9 Å². The van der Waals surface area contributed by atoms with Gasteiger partial charge in [-0.3, -0.25) is 9.68 Å². The summed E-state index contributed by atoms with van der Waals surface area (Å²) in [5.74, 6) is 0.593. The molecule has 0 aliphatic carbocycles. The molecule has 3 rings (SSSR count). The first-order chi connectivity index (χ1) is 21.2. The van der Waals surface area contributed by atoms with E-state index in [4.69, 9.17) is 24.7 Å². The van der Waals surface area contributed by atoms with Gasteiger partial charge in [0.05, 0.1) is 32.5 Å². The van der Waals surface area contributed by atoms with Gasteiger partial charge in [-0.1, -0.05) is 49.6 Å². The Kier molecular flexibility index (Phi) is 15.6. The van der Waals surface area contributed by atoms with E-state index >= 15 is 0 Å². The Morgan fingerprint density at radius 3 is 2.00 bits per heavy atom. The molecule has 3 aromatic carbocycles. The Bertz CT molecular complexity index is 1400. The summed E-state index contributed by atoms with van der Waals surface area (Å²) in [7, 11) is 1.43. The van der Waals surface area contributed by atoms with Gasteiger partial charge in [-0.15, -0.1) is 0 Å². The van der Waals surface area contributed by atoms with Gasteiger partial charge >= 0.3 is 5.97 Å². The molecule has 0 fully saturated rings. The number of aliphatic hydroxyl groups is 2. The van der Waals surface area contributed by atoms with Crippen LogP contribution in [0.15, 0.2) is 103 Å². The molecule has 0 saturated carbocycles. The molecule has 234 valence electrons. The number of aliphatic hydroxyl groups excluding tert-OH is 2. The summed E-state index contributed by atoms with van der Waals surface area (Å²) >= 11 is 0. The molecule has 3 aromatic rings. The van der Waals surface area contributed by atoms with E-state index in [0.717, 1.165) is 28.3 Å². The predicted molar refractivity (Wildman–Crippen MR) is 160 cm³/mol. The average Bonchev–Trinajstić information content (AvgIpc) is 3.05. The number of carbonyl (C=O) groups is 2. The zero-order valence-corrected chi connectivity index (χ0v) is 24.2. The maximum absolute atomic E-state index is 12.3. The number of hydrogen-bond acceptors (Lipinski definition) is 9. The van der Waals surface area contributed by atoms with Crippen LogP contribution in [-0.2, 0) is 19.4 Å². The van der Waals surface area contributed by atoms with E-state index in [1.165, 1.54) is 7.11 Å².